The quantitative estimate of drug-likeness (QED) is 0.225. The number of hydrogen-bond donors (Lipinski definition) is 2. The van der Waals surface area contributed by atoms with Crippen molar-refractivity contribution in [3.63, 3.8) is 0 Å². The standard InChI is InChI=1S/C34H39N3O6/c1-40-25-14-15-29(31(20-25)43-4)33(34(39)36-23-10-6-5-7-11-23)37(24-17-26(41-2)19-27(18-24)42-3)32(38)16-22-21-35-30-13-9-8-12-28(22)30/h8-9,12-15,17-21,23,33,35H,5-7,10-11,16H2,1-4H3,(H,36,39)/t33-/m1/s1. The van der Waals surface area contributed by atoms with Gasteiger partial charge in [-0.25, -0.2) is 0 Å². The van der Waals surface area contributed by atoms with Crippen LogP contribution in [-0.4, -0.2) is 51.3 Å². The third-order valence-electron chi connectivity index (χ3n) is 8.09. The van der Waals surface area contributed by atoms with Crippen molar-refractivity contribution in [1.29, 1.82) is 0 Å². The first-order valence-corrected chi connectivity index (χ1v) is 14.6. The highest BCUT2D eigenvalue weighted by atomic mass is 16.5. The minimum absolute atomic E-state index is 0.0263. The summed E-state index contributed by atoms with van der Waals surface area (Å²) in [6.07, 6.45) is 6.95. The molecule has 4 aromatic rings. The maximum atomic E-state index is 14.6. The molecular formula is C34H39N3O6. The van der Waals surface area contributed by atoms with Gasteiger partial charge in [-0.1, -0.05) is 37.5 Å². The molecule has 43 heavy (non-hydrogen) atoms. The lowest BCUT2D eigenvalue weighted by Crippen LogP contribution is -2.47. The number of rotatable bonds is 11. The van der Waals surface area contributed by atoms with Gasteiger partial charge in [-0.05, 0) is 36.6 Å². The SMILES string of the molecule is COc1cc(OC)cc(N(C(=O)Cc2c[nH]c3ccccc23)[C@@H](C(=O)NC2CCCCC2)c2ccc(OC)cc2OC)c1. The maximum Gasteiger partial charge on any atom is 0.248 e. The van der Waals surface area contributed by atoms with Crippen LogP contribution in [0.25, 0.3) is 10.9 Å². The minimum Gasteiger partial charge on any atom is -0.497 e. The number of anilines is 1. The molecule has 1 fully saturated rings. The average molecular weight is 586 g/mol. The summed E-state index contributed by atoms with van der Waals surface area (Å²) in [4.78, 5) is 33.8. The number of carbonyl (C=O) groups excluding carboxylic acids is 2. The fraction of sp³-hybridized carbons (Fsp3) is 0.353. The van der Waals surface area contributed by atoms with Crippen LogP contribution in [-0.2, 0) is 16.0 Å². The molecule has 1 atom stereocenters. The number of nitrogens with one attached hydrogen (secondary N) is 2. The van der Waals surface area contributed by atoms with Crippen molar-refractivity contribution >= 4 is 28.4 Å². The molecule has 1 aliphatic carbocycles. The molecule has 2 amide bonds. The fourth-order valence-electron chi connectivity index (χ4n) is 5.86. The fourth-order valence-corrected chi connectivity index (χ4v) is 5.86. The largest absolute Gasteiger partial charge is 0.497 e. The number of methoxy groups -OCH3 is 4. The van der Waals surface area contributed by atoms with Gasteiger partial charge in [0.2, 0.25) is 11.8 Å². The molecule has 1 aromatic heterocycles. The Labute approximate surface area is 252 Å². The molecule has 2 N–H and O–H groups in total. The van der Waals surface area contributed by atoms with E-state index >= 15 is 0 Å². The highest BCUT2D eigenvalue weighted by Crippen LogP contribution is 2.39. The summed E-state index contributed by atoms with van der Waals surface area (Å²) in [6.45, 7) is 0. The summed E-state index contributed by atoms with van der Waals surface area (Å²) in [5.41, 5.74) is 2.75. The zero-order valence-electron chi connectivity index (χ0n) is 25.1. The number of para-hydroxylation sites is 1. The predicted molar refractivity (Wildman–Crippen MR) is 166 cm³/mol. The van der Waals surface area contributed by atoms with E-state index < -0.39 is 6.04 Å². The topological polar surface area (TPSA) is 102 Å². The lowest BCUT2D eigenvalue weighted by molar-refractivity contribution is -0.127. The van der Waals surface area contributed by atoms with Crippen LogP contribution in [0.15, 0.2) is 66.9 Å². The summed E-state index contributed by atoms with van der Waals surface area (Å²) < 4.78 is 22.4. The Morgan fingerprint density at radius 3 is 2.23 bits per heavy atom. The van der Waals surface area contributed by atoms with Crippen molar-refractivity contribution in [3.8, 4) is 23.0 Å². The normalized spacial score (nSPS) is 14.1. The van der Waals surface area contributed by atoms with Gasteiger partial charge in [-0.3, -0.25) is 14.5 Å². The number of carbonyl (C=O) groups is 2. The van der Waals surface area contributed by atoms with Gasteiger partial charge < -0.3 is 29.2 Å². The van der Waals surface area contributed by atoms with E-state index in [0.717, 1.165) is 48.6 Å². The Kier molecular flexibility index (Phi) is 9.39. The van der Waals surface area contributed by atoms with E-state index in [1.807, 2.05) is 30.5 Å². The van der Waals surface area contributed by atoms with Crippen molar-refractivity contribution in [3.05, 3.63) is 78.0 Å². The number of aromatic nitrogens is 1. The summed E-state index contributed by atoms with van der Waals surface area (Å²) in [5.74, 6) is 1.43. The van der Waals surface area contributed by atoms with Crippen LogP contribution in [0.4, 0.5) is 5.69 Å². The van der Waals surface area contributed by atoms with E-state index in [4.69, 9.17) is 18.9 Å². The molecule has 1 heterocycles. The molecule has 0 bridgehead atoms. The number of aromatic amines is 1. The lowest BCUT2D eigenvalue weighted by Gasteiger charge is -2.34. The van der Waals surface area contributed by atoms with Gasteiger partial charge in [-0.15, -0.1) is 0 Å². The number of benzene rings is 3. The monoisotopic (exact) mass is 585 g/mol. The van der Waals surface area contributed by atoms with E-state index in [2.05, 4.69) is 10.3 Å². The third kappa shape index (κ3) is 6.56. The molecule has 9 nitrogen and oxygen atoms in total. The van der Waals surface area contributed by atoms with Gasteiger partial charge in [0.1, 0.15) is 29.0 Å². The van der Waals surface area contributed by atoms with Crippen molar-refractivity contribution in [2.24, 2.45) is 0 Å². The molecule has 0 spiro atoms. The lowest BCUT2D eigenvalue weighted by atomic mass is 9.94. The highest BCUT2D eigenvalue weighted by molar-refractivity contribution is 6.04. The van der Waals surface area contributed by atoms with E-state index in [9.17, 15) is 9.59 Å². The molecule has 1 saturated carbocycles. The Balaban J connectivity index is 1.66. The average Bonchev–Trinajstić information content (AvgIpc) is 3.45. The smallest absolute Gasteiger partial charge is 0.248 e. The second kappa shape index (κ2) is 13.5. The first-order chi connectivity index (χ1) is 20.9. The Morgan fingerprint density at radius 1 is 0.860 bits per heavy atom. The minimum atomic E-state index is -1.06. The Morgan fingerprint density at radius 2 is 1.56 bits per heavy atom. The van der Waals surface area contributed by atoms with Gasteiger partial charge in [-0.2, -0.15) is 0 Å². The molecule has 226 valence electrons. The maximum absolute atomic E-state index is 14.6. The van der Waals surface area contributed by atoms with Gasteiger partial charge in [0.05, 0.1) is 40.5 Å². The second-order valence-corrected chi connectivity index (χ2v) is 10.7. The van der Waals surface area contributed by atoms with Crippen LogP contribution < -0.4 is 29.2 Å². The van der Waals surface area contributed by atoms with Crippen LogP contribution in [0.3, 0.4) is 0 Å². The van der Waals surface area contributed by atoms with Crippen LogP contribution in [0.5, 0.6) is 23.0 Å². The molecule has 0 radical (unpaired) electrons. The zero-order chi connectivity index (χ0) is 30.3. The molecular weight excluding hydrogens is 546 g/mol. The molecule has 5 rings (SSSR count). The van der Waals surface area contributed by atoms with E-state index in [1.54, 1.807) is 64.8 Å². The Bertz CT molecular complexity index is 1550. The van der Waals surface area contributed by atoms with Crippen molar-refractivity contribution in [2.75, 3.05) is 33.3 Å². The van der Waals surface area contributed by atoms with Crippen molar-refractivity contribution in [1.82, 2.24) is 10.3 Å². The van der Waals surface area contributed by atoms with E-state index in [0.29, 0.717) is 34.2 Å². The van der Waals surface area contributed by atoms with Crippen LogP contribution >= 0.6 is 0 Å². The van der Waals surface area contributed by atoms with E-state index in [-0.39, 0.29) is 24.3 Å². The summed E-state index contributed by atoms with van der Waals surface area (Å²) in [6, 6.07) is 17.3. The van der Waals surface area contributed by atoms with Crippen molar-refractivity contribution < 1.29 is 28.5 Å². The number of amides is 2. The number of nitrogens with zero attached hydrogens (tertiary/aromatic N) is 1. The van der Waals surface area contributed by atoms with Gasteiger partial charge >= 0.3 is 0 Å². The first-order valence-electron chi connectivity index (χ1n) is 14.6. The van der Waals surface area contributed by atoms with Gasteiger partial charge in [0, 0.05) is 53.0 Å². The van der Waals surface area contributed by atoms with Crippen LogP contribution in [0.2, 0.25) is 0 Å². The molecule has 0 saturated heterocycles. The van der Waals surface area contributed by atoms with Crippen LogP contribution in [0, 0.1) is 0 Å². The number of fused-ring (bicyclic) bond motifs is 1. The molecule has 0 aliphatic heterocycles. The molecule has 3 aromatic carbocycles. The van der Waals surface area contributed by atoms with Crippen molar-refractivity contribution in [2.45, 2.75) is 50.6 Å². The number of ether oxygens (including phenoxy) is 4. The number of H-pyrrole nitrogens is 1. The molecule has 0 unspecified atom stereocenters. The van der Waals surface area contributed by atoms with E-state index in [1.165, 1.54) is 4.90 Å². The highest BCUT2D eigenvalue weighted by Gasteiger charge is 2.37. The van der Waals surface area contributed by atoms with Crippen LogP contribution in [0.1, 0.15) is 49.3 Å². The molecule has 1 aliphatic rings. The first kappa shape index (κ1) is 29.8. The van der Waals surface area contributed by atoms with Gasteiger partial charge in [0.25, 0.3) is 0 Å². The number of hydrogen-bond acceptors (Lipinski definition) is 6. The van der Waals surface area contributed by atoms with Gasteiger partial charge in [0.15, 0.2) is 0 Å². The zero-order valence-corrected chi connectivity index (χ0v) is 25.1. The molecule has 9 heteroatoms. The predicted octanol–water partition coefficient (Wildman–Crippen LogP) is 5.97. The summed E-state index contributed by atoms with van der Waals surface area (Å²) in [7, 11) is 6.22. The Hall–Kier alpha value is -4.66. The second-order valence-electron chi connectivity index (χ2n) is 10.7. The third-order valence-corrected chi connectivity index (χ3v) is 8.09. The summed E-state index contributed by atoms with van der Waals surface area (Å²) in [5, 5.41) is 4.21. The summed E-state index contributed by atoms with van der Waals surface area (Å²) >= 11 is 0.